The van der Waals surface area contributed by atoms with Crippen LogP contribution in [0.25, 0.3) is 0 Å². The predicted octanol–water partition coefficient (Wildman–Crippen LogP) is 2.39. The summed E-state index contributed by atoms with van der Waals surface area (Å²) in [5, 5.41) is 0. The molecule has 0 spiro atoms. The van der Waals surface area contributed by atoms with Crippen LogP contribution in [0.2, 0.25) is 0 Å². The second-order valence-corrected chi connectivity index (χ2v) is 7.95. The molecule has 2 aliphatic heterocycles. The van der Waals surface area contributed by atoms with E-state index in [-0.39, 0.29) is 12.0 Å². The van der Waals surface area contributed by atoms with E-state index in [1.165, 1.54) is 12.0 Å². The normalized spacial score (nSPS) is 22.2. The predicted molar refractivity (Wildman–Crippen MR) is 105 cm³/mol. The summed E-state index contributed by atoms with van der Waals surface area (Å²) in [5.41, 5.74) is 1.24. The van der Waals surface area contributed by atoms with Gasteiger partial charge in [0.25, 0.3) is 0 Å². The Kier molecular flexibility index (Phi) is 6.54. The molecule has 0 bridgehead atoms. The van der Waals surface area contributed by atoms with Gasteiger partial charge in [0.05, 0.1) is 0 Å². The summed E-state index contributed by atoms with van der Waals surface area (Å²) in [4.78, 5) is 19.3. The Morgan fingerprint density at radius 3 is 2.46 bits per heavy atom. The second kappa shape index (κ2) is 8.87. The van der Waals surface area contributed by atoms with Crippen molar-refractivity contribution in [3.05, 3.63) is 29.8 Å². The third-order valence-corrected chi connectivity index (χ3v) is 5.79. The number of likely N-dealkylation sites (N-methyl/N-ethyl adjacent to an activating group) is 2. The van der Waals surface area contributed by atoms with Crippen molar-refractivity contribution in [2.24, 2.45) is 0 Å². The van der Waals surface area contributed by atoms with Crippen molar-refractivity contribution in [3.8, 4) is 5.75 Å². The second-order valence-electron chi connectivity index (χ2n) is 7.95. The van der Waals surface area contributed by atoms with Crippen molar-refractivity contribution in [2.45, 2.75) is 44.8 Å². The molecular formula is C21H33N3O2. The number of hydrogen-bond donors (Lipinski definition) is 0. The number of carbonyl (C=O) groups is 1. The molecule has 2 saturated heterocycles. The summed E-state index contributed by atoms with van der Waals surface area (Å²) < 4.78 is 6.06. The summed E-state index contributed by atoms with van der Waals surface area (Å²) in [6.45, 7) is 6.84. The molecule has 0 aliphatic carbocycles. The molecule has 1 atom stereocenters. The maximum atomic E-state index is 12.5. The zero-order chi connectivity index (χ0) is 18.5. The monoisotopic (exact) mass is 359 g/mol. The van der Waals surface area contributed by atoms with E-state index in [9.17, 15) is 4.79 Å². The highest BCUT2D eigenvalue weighted by Gasteiger charge is 2.26. The summed E-state index contributed by atoms with van der Waals surface area (Å²) in [7, 11) is 4.32. The van der Waals surface area contributed by atoms with Gasteiger partial charge < -0.3 is 19.4 Å². The van der Waals surface area contributed by atoms with Gasteiger partial charge in [-0.3, -0.25) is 4.79 Å². The van der Waals surface area contributed by atoms with Gasteiger partial charge in [-0.15, -0.1) is 0 Å². The molecule has 5 nitrogen and oxygen atoms in total. The van der Waals surface area contributed by atoms with Crippen molar-refractivity contribution in [3.63, 3.8) is 0 Å². The average Bonchev–Trinajstić information content (AvgIpc) is 3.08. The Morgan fingerprint density at radius 2 is 1.85 bits per heavy atom. The lowest BCUT2D eigenvalue weighted by Crippen LogP contribution is -2.43. The Hall–Kier alpha value is -1.59. The van der Waals surface area contributed by atoms with Crippen molar-refractivity contribution >= 4 is 5.91 Å². The number of piperidine rings is 1. The van der Waals surface area contributed by atoms with Crippen LogP contribution in [0.15, 0.2) is 24.3 Å². The lowest BCUT2D eigenvalue weighted by Gasteiger charge is -2.33. The third-order valence-electron chi connectivity index (χ3n) is 5.79. The standard InChI is InChI=1S/C21H33N3O2/c1-17-4-6-19(7-5-17)26-20-9-14-24(15-10-20)21(25)11-13-23(3)18-8-12-22(2)16-18/h4-7,18,20H,8-16H2,1-3H3/t18-/m0/s1. The van der Waals surface area contributed by atoms with Crippen LogP contribution in [-0.4, -0.2) is 79.6 Å². The zero-order valence-corrected chi connectivity index (χ0v) is 16.5. The van der Waals surface area contributed by atoms with Crippen LogP contribution in [0.4, 0.5) is 0 Å². The maximum absolute atomic E-state index is 12.5. The molecule has 0 aromatic heterocycles. The van der Waals surface area contributed by atoms with E-state index < -0.39 is 0 Å². The van der Waals surface area contributed by atoms with Crippen LogP contribution < -0.4 is 4.74 Å². The molecule has 0 unspecified atom stereocenters. The number of nitrogens with zero attached hydrogens (tertiary/aromatic N) is 3. The van der Waals surface area contributed by atoms with E-state index in [1.54, 1.807) is 0 Å². The third kappa shape index (κ3) is 5.21. The van der Waals surface area contributed by atoms with Crippen LogP contribution in [0.3, 0.4) is 0 Å². The molecule has 5 heteroatoms. The van der Waals surface area contributed by atoms with Crippen LogP contribution in [0.1, 0.15) is 31.2 Å². The number of aryl methyl sites for hydroxylation is 1. The van der Waals surface area contributed by atoms with Gasteiger partial charge in [-0.1, -0.05) is 17.7 Å². The highest BCUT2D eigenvalue weighted by molar-refractivity contribution is 5.76. The minimum Gasteiger partial charge on any atom is -0.490 e. The van der Waals surface area contributed by atoms with Gasteiger partial charge in [0.2, 0.25) is 5.91 Å². The van der Waals surface area contributed by atoms with Crippen LogP contribution in [-0.2, 0) is 4.79 Å². The van der Waals surface area contributed by atoms with Gasteiger partial charge >= 0.3 is 0 Å². The molecule has 144 valence electrons. The fourth-order valence-corrected chi connectivity index (χ4v) is 3.92. The van der Waals surface area contributed by atoms with E-state index in [4.69, 9.17) is 4.74 Å². The SMILES string of the molecule is Cc1ccc(OC2CCN(C(=O)CCN(C)[C@H]3CCN(C)C3)CC2)cc1. The van der Waals surface area contributed by atoms with Gasteiger partial charge in [0.15, 0.2) is 0 Å². The molecule has 1 amide bonds. The lowest BCUT2D eigenvalue weighted by molar-refractivity contribution is -0.133. The van der Waals surface area contributed by atoms with E-state index in [0.717, 1.165) is 51.3 Å². The maximum Gasteiger partial charge on any atom is 0.223 e. The van der Waals surface area contributed by atoms with E-state index >= 15 is 0 Å². The Balaban J connectivity index is 1.37. The van der Waals surface area contributed by atoms with Crippen LogP contribution in [0, 0.1) is 6.92 Å². The largest absolute Gasteiger partial charge is 0.490 e. The van der Waals surface area contributed by atoms with Gasteiger partial charge in [0.1, 0.15) is 11.9 Å². The van der Waals surface area contributed by atoms with E-state index in [1.807, 2.05) is 17.0 Å². The number of carbonyl (C=O) groups excluding carboxylic acids is 1. The molecule has 26 heavy (non-hydrogen) atoms. The summed E-state index contributed by atoms with van der Waals surface area (Å²) in [6, 6.07) is 8.81. The van der Waals surface area contributed by atoms with Gasteiger partial charge in [-0.2, -0.15) is 0 Å². The molecule has 1 aromatic carbocycles. The van der Waals surface area contributed by atoms with Crippen LogP contribution in [0.5, 0.6) is 5.75 Å². The topological polar surface area (TPSA) is 36.0 Å². The molecule has 3 rings (SSSR count). The number of rotatable bonds is 6. The molecule has 2 fully saturated rings. The molecule has 1 aromatic rings. The van der Waals surface area contributed by atoms with Crippen molar-refractivity contribution in [1.29, 1.82) is 0 Å². The van der Waals surface area contributed by atoms with E-state index in [0.29, 0.717) is 12.5 Å². The fraction of sp³-hybridized carbons (Fsp3) is 0.667. The molecule has 2 aliphatic rings. The van der Waals surface area contributed by atoms with Gasteiger partial charge in [0, 0.05) is 51.5 Å². The minimum atomic E-state index is 0.221. The Morgan fingerprint density at radius 1 is 1.15 bits per heavy atom. The fourth-order valence-electron chi connectivity index (χ4n) is 3.92. The number of likely N-dealkylation sites (tertiary alicyclic amines) is 2. The minimum absolute atomic E-state index is 0.221. The average molecular weight is 360 g/mol. The highest BCUT2D eigenvalue weighted by atomic mass is 16.5. The number of ether oxygens (including phenoxy) is 1. The first kappa shape index (κ1) is 19.2. The first-order valence-electron chi connectivity index (χ1n) is 9.91. The highest BCUT2D eigenvalue weighted by Crippen LogP contribution is 2.20. The van der Waals surface area contributed by atoms with Crippen molar-refractivity contribution in [1.82, 2.24) is 14.7 Å². The van der Waals surface area contributed by atoms with Crippen molar-refractivity contribution < 1.29 is 9.53 Å². The van der Waals surface area contributed by atoms with Gasteiger partial charge in [-0.25, -0.2) is 0 Å². The summed E-state index contributed by atoms with van der Waals surface area (Å²) >= 11 is 0. The molecule has 0 radical (unpaired) electrons. The zero-order valence-electron chi connectivity index (χ0n) is 16.5. The summed E-state index contributed by atoms with van der Waals surface area (Å²) in [5.74, 6) is 1.22. The first-order chi connectivity index (χ1) is 12.5. The molecule has 0 saturated carbocycles. The van der Waals surface area contributed by atoms with E-state index in [2.05, 4.69) is 43.0 Å². The summed E-state index contributed by atoms with van der Waals surface area (Å²) in [6.07, 6.45) is 3.90. The Labute approximate surface area is 157 Å². The number of hydrogen-bond acceptors (Lipinski definition) is 4. The van der Waals surface area contributed by atoms with Gasteiger partial charge in [-0.05, 0) is 46.1 Å². The molecule has 0 N–H and O–H groups in total. The molecule has 2 heterocycles. The Bertz CT molecular complexity index is 581. The lowest BCUT2D eigenvalue weighted by atomic mass is 10.1. The molecular weight excluding hydrogens is 326 g/mol. The van der Waals surface area contributed by atoms with Crippen molar-refractivity contribution in [2.75, 3.05) is 46.8 Å². The number of benzene rings is 1. The smallest absolute Gasteiger partial charge is 0.223 e. The van der Waals surface area contributed by atoms with Crippen LogP contribution >= 0.6 is 0 Å². The quantitative estimate of drug-likeness (QED) is 0.781. The number of amides is 1. The first-order valence-corrected chi connectivity index (χ1v) is 9.91.